The molecule has 0 radical (unpaired) electrons. The van der Waals surface area contributed by atoms with Gasteiger partial charge >= 0.3 is 0 Å². The van der Waals surface area contributed by atoms with Crippen molar-refractivity contribution < 1.29 is 4.79 Å². The van der Waals surface area contributed by atoms with E-state index < -0.39 is 0 Å². The van der Waals surface area contributed by atoms with Crippen LogP contribution in [0.3, 0.4) is 0 Å². The van der Waals surface area contributed by atoms with Crippen LogP contribution >= 0.6 is 0 Å². The Kier molecular flexibility index (Phi) is 5.16. The van der Waals surface area contributed by atoms with Crippen LogP contribution in [0, 0.1) is 13.8 Å². The molecule has 0 heterocycles. The molecule has 1 amide bonds. The molecule has 0 bridgehead atoms. The maximum Gasteiger partial charge on any atom is 0.273 e. The van der Waals surface area contributed by atoms with Crippen LogP contribution in [0.1, 0.15) is 40.4 Å². The maximum atomic E-state index is 12.5. The predicted molar refractivity (Wildman–Crippen MR) is 95.7 cm³/mol. The molecule has 2 rings (SSSR count). The number of rotatable bonds is 4. The van der Waals surface area contributed by atoms with E-state index in [0.29, 0.717) is 17.7 Å². The van der Waals surface area contributed by atoms with Gasteiger partial charge in [-0.05, 0) is 44.5 Å². The standard InChI is InChI=1S/C19H23N3O/c1-5-18(16-12-14(3)8-11-17(16)20)21-22(4)19(23)15-9-6-13(2)7-10-15/h6-12H,5,20H2,1-4H3/b21-18+. The van der Waals surface area contributed by atoms with E-state index in [2.05, 4.69) is 5.10 Å². The van der Waals surface area contributed by atoms with E-state index in [4.69, 9.17) is 5.73 Å². The first-order valence-corrected chi connectivity index (χ1v) is 7.71. The summed E-state index contributed by atoms with van der Waals surface area (Å²) in [7, 11) is 1.67. The molecule has 4 nitrogen and oxygen atoms in total. The lowest BCUT2D eigenvalue weighted by Crippen LogP contribution is -2.23. The third-order valence-corrected chi connectivity index (χ3v) is 3.72. The number of benzene rings is 2. The van der Waals surface area contributed by atoms with Crippen LogP contribution in [0.5, 0.6) is 0 Å². The molecule has 0 aliphatic rings. The summed E-state index contributed by atoms with van der Waals surface area (Å²) < 4.78 is 0. The Balaban J connectivity index is 2.31. The molecule has 0 aliphatic carbocycles. The minimum absolute atomic E-state index is 0.137. The van der Waals surface area contributed by atoms with Gasteiger partial charge in [-0.15, -0.1) is 0 Å². The second-order valence-corrected chi connectivity index (χ2v) is 5.69. The van der Waals surface area contributed by atoms with Gasteiger partial charge < -0.3 is 5.73 Å². The van der Waals surface area contributed by atoms with Crippen molar-refractivity contribution in [3.8, 4) is 0 Å². The van der Waals surface area contributed by atoms with Crippen molar-refractivity contribution >= 4 is 17.3 Å². The van der Waals surface area contributed by atoms with Crippen LogP contribution in [0.4, 0.5) is 5.69 Å². The first-order valence-electron chi connectivity index (χ1n) is 7.71. The molecule has 2 N–H and O–H groups in total. The maximum absolute atomic E-state index is 12.5. The zero-order valence-corrected chi connectivity index (χ0v) is 14.1. The molecule has 2 aromatic carbocycles. The van der Waals surface area contributed by atoms with Crippen molar-refractivity contribution in [1.29, 1.82) is 0 Å². The second kappa shape index (κ2) is 7.09. The van der Waals surface area contributed by atoms with Crippen LogP contribution in [-0.4, -0.2) is 23.7 Å². The molecular weight excluding hydrogens is 286 g/mol. The third-order valence-electron chi connectivity index (χ3n) is 3.72. The number of nitrogens with two attached hydrogens (primary N) is 1. The smallest absolute Gasteiger partial charge is 0.273 e. The summed E-state index contributed by atoms with van der Waals surface area (Å²) in [4.78, 5) is 12.5. The van der Waals surface area contributed by atoms with Crippen molar-refractivity contribution in [3.63, 3.8) is 0 Å². The normalized spacial score (nSPS) is 11.4. The summed E-state index contributed by atoms with van der Waals surface area (Å²) in [6.45, 7) is 6.01. The van der Waals surface area contributed by atoms with Crippen molar-refractivity contribution in [3.05, 3.63) is 64.7 Å². The van der Waals surface area contributed by atoms with E-state index in [-0.39, 0.29) is 5.91 Å². The Morgan fingerprint density at radius 3 is 2.30 bits per heavy atom. The van der Waals surface area contributed by atoms with Gasteiger partial charge in [0.15, 0.2) is 0 Å². The number of anilines is 1. The number of amides is 1. The third kappa shape index (κ3) is 3.97. The molecular formula is C19H23N3O. The van der Waals surface area contributed by atoms with Crippen LogP contribution < -0.4 is 5.73 Å². The molecule has 0 saturated heterocycles. The monoisotopic (exact) mass is 309 g/mol. The number of carbonyl (C=O) groups is 1. The lowest BCUT2D eigenvalue weighted by atomic mass is 10.0. The van der Waals surface area contributed by atoms with Gasteiger partial charge in [0.1, 0.15) is 0 Å². The fraction of sp³-hybridized carbons (Fsp3) is 0.263. The molecule has 0 saturated carbocycles. The molecule has 0 atom stereocenters. The molecule has 2 aromatic rings. The highest BCUT2D eigenvalue weighted by molar-refractivity contribution is 6.05. The van der Waals surface area contributed by atoms with Gasteiger partial charge in [-0.1, -0.05) is 36.2 Å². The van der Waals surface area contributed by atoms with Gasteiger partial charge in [0.05, 0.1) is 5.71 Å². The lowest BCUT2D eigenvalue weighted by molar-refractivity contribution is 0.0799. The predicted octanol–water partition coefficient (Wildman–Crippen LogP) is 3.77. The van der Waals surface area contributed by atoms with Gasteiger partial charge in [-0.3, -0.25) is 4.79 Å². The molecule has 0 spiro atoms. The highest BCUT2D eigenvalue weighted by Gasteiger charge is 2.13. The molecule has 23 heavy (non-hydrogen) atoms. The quantitative estimate of drug-likeness (QED) is 0.531. The SMILES string of the molecule is CC/C(=N\N(C)C(=O)c1ccc(C)cc1)c1cc(C)ccc1N. The Morgan fingerprint density at radius 2 is 1.70 bits per heavy atom. The zero-order valence-electron chi connectivity index (χ0n) is 14.1. The van der Waals surface area contributed by atoms with Crippen LogP contribution in [-0.2, 0) is 0 Å². The number of hydrogen-bond donors (Lipinski definition) is 1. The fourth-order valence-corrected chi connectivity index (χ4v) is 2.34. The largest absolute Gasteiger partial charge is 0.398 e. The number of hydrazone groups is 1. The zero-order chi connectivity index (χ0) is 17.0. The van der Waals surface area contributed by atoms with Gasteiger partial charge in [0.2, 0.25) is 0 Å². The summed E-state index contributed by atoms with van der Waals surface area (Å²) in [5.41, 5.74) is 11.3. The summed E-state index contributed by atoms with van der Waals surface area (Å²) in [6, 6.07) is 13.3. The van der Waals surface area contributed by atoms with Gasteiger partial charge in [0, 0.05) is 23.9 Å². The van der Waals surface area contributed by atoms with Crippen LogP contribution in [0.15, 0.2) is 47.6 Å². The molecule has 120 valence electrons. The first kappa shape index (κ1) is 16.7. The van der Waals surface area contributed by atoms with Gasteiger partial charge in [-0.25, -0.2) is 5.01 Å². The number of hydrogen-bond acceptors (Lipinski definition) is 3. The summed E-state index contributed by atoms with van der Waals surface area (Å²) >= 11 is 0. The van der Waals surface area contributed by atoms with E-state index in [1.54, 1.807) is 7.05 Å². The molecule has 0 fully saturated rings. The Morgan fingerprint density at radius 1 is 1.09 bits per heavy atom. The topological polar surface area (TPSA) is 58.7 Å². The highest BCUT2D eigenvalue weighted by atomic mass is 16.2. The average Bonchev–Trinajstić information content (AvgIpc) is 2.55. The minimum Gasteiger partial charge on any atom is -0.398 e. The van der Waals surface area contributed by atoms with Crippen molar-refractivity contribution in [2.75, 3.05) is 12.8 Å². The van der Waals surface area contributed by atoms with Crippen LogP contribution in [0.2, 0.25) is 0 Å². The van der Waals surface area contributed by atoms with Crippen LogP contribution in [0.25, 0.3) is 0 Å². The number of carbonyl (C=O) groups excluding carboxylic acids is 1. The van der Waals surface area contributed by atoms with E-state index in [0.717, 1.165) is 22.4 Å². The highest BCUT2D eigenvalue weighted by Crippen LogP contribution is 2.17. The average molecular weight is 309 g/mol. The number of nitrogens with zero attached hydrogens (tertiary/aromatic N) is 2. The molecule has 4 heteroatoms. The van der Waals surface area contributed by atoms with Gasteiger partial charge in [0.25, 0.3) is 5.91 Å². The second-order valence-electron chi connectivity index (χ2n) is 5.69. The van der Waals surface area contributed by atoms with E-state index in [1.165, 1.54) is 5.01 Å². The Labute approximate surface area is 137 Å². The van der Waals surface area contributed by atoms with E-state index in [1.807, 2.05) is 63.2 Å². The van der Waals surface area contributed by atoms with Crippen molar-refractivity contribution in [2.24, 2.45) is 5.10 Å². The van der Waals surface area contributed by atoms with Gasteiger partial charge in [-0.2, -0.15) is 5.10 Å². The Bertz CT molecular complexity index is 733. The molecule has 0 unspecified atom stereocenters. The van der Waals surface area contributed by atoms with Crippen molar-refractivity contribution in [2.45, 2.75) is 27.2 Å². The number of aryl methyl sites for hydroxylation is 2. The molecule has 0 aliphatic heterocycles. The molecule has 0 aromatic heterocycles. The van der Waals surface area contributed by atoms with E-state index in [9.17, 15) is 4.79 Å². The number of nitrogen functional groups attached to an aromatic ring is 1. The summed E-state index contributed by atoms with van der Waals surface area (Å²) in [6.07, 6.45) is 0.694. The first-order chi connectivity index (χ1) is 10.9. The summed E-state index contributed by atoms with van der Waals surface area (Å²) in [5.74, 6) is -0.137. The van der Waals surface area contributed by atoms with Crippen molar-refractivity contribution in [1.82, 2.24) is 5.01 Å². The Hall–Kier alpha value is -2.62. The lowest BCUT2D eigenvalue weighted by Gasteiger charge is -2.15. The fourth-order valence-electron chi connectivity index (χ4n) is 2.34. The van der Waals surface area contributed by atoms with E-state index >= 15 is 0 Å². The minimum atomic E-state index is -0.137. The summed E-state index contributed by atoms with van der Waals surface area (Å²) in [5, 5.41) is 5.87.